The van der Waals surface area contributed by atoms with E-state index in [4.69, 9.17) is 9.47 Å². The smallest absolute Gasteiger partial charge is 0.251 e. The Balaban J connectivity index is 1.17. The van der Waals surface area contributed by atoms with E-state index in [1.165, 1.54) is 25.7 Å². The first-order valence-corrected chi connectivity index (χ1v) is 16.5. The highest BCUT2D eigenvalue weighted by Crippen LogP contribution is 2.39. The highest BCUT2D eigenvalue weighted by molar-refractivity contribution is 5.94. The van der Waals surface area contributed by atoms with Crippen LogP contribution in [-0.4, -0.2) is 41.1 Å². The summed E-state index contributed by atoms with van der Waals surface area (Å²) in [6, 6.07) is 34.6. The standard InChI is InChI=1S/C40H44N2O4/c1-2-23-42(36-13-6-7-14-36)27-37-25-38(32-17-15-29(28-43)16-18-32)46-40(45-37)34-21-19-31(20-22-34)35-12-8-9-30(24-35)26-41-39(44)33-10-4-3-5-11-33/h2-5,8-12,15-22,24,36-38,40,43H,1,6-7,13-14,23,25-28H2,(H,41,44)/t37-,38+,40+/m0/s1. The molecule has 1 amide bonds. The second-order valence-corrected chi connectivity index (χ2v) is 12.4. The lowest BCUT2D eigenvalue weighted by molar-refractivity contribution is -0.253. The molecule has 238 valence electrons. The SMILES string of the molecule is C=CCN(C[C@@H]1C[C@H](c2ccc(CO)cc2)O[C@H](c2ccc(-c3cccc(CNC(=O)c4ccccc4)c3)cc2)O1)C1CCCC1. The molecule has 46 heavy (non-hydrogen) atoms. The van der Waals surface area contributed by atoms with Crippen LogP contribution in [0.25, 0.3) is 11.1 Å². The Morgan fingerprint density at radius 1 is 0.848 bits per heavy atom. The molecule has 0 spiro atoms. The maximum atomic E-state index is 12.5. The molecule has 0 radical (unpaired) electrons. The van der Waals surface area contributed by atoms with Crippen molar-refractivity contribution in [1.29, 1.82) is 0 Å². The van der Waals surface area contributed by atoms with Gasteiger partial charge in [0.25, 0.3) is 5.91 Å². The average molecular weight is 617 g/mol. The predicted octanol–water partition coefficient (Wildman–Crippen LogP) is 7.75. The van der Waals surface area contributed by atoms with Crippen molar-refractivity contribution in [3.05, 3.63) is 144 Å². The Kier molecular flexibility index (Phi) is 10.7. The molecule has 6 rings (SSSR count). The van der Waals surface area contributed by atoms with E-state index >= 15 is 0 Å². The number of rotatable bonds is 12. The minimum atomic E-state index is -0.496. The summed E-state index contributed by atoms with van der Waals surface area (Å²) >= 11 is 0. The molecule has 1 aliphatic carbocycles. The number of carbonyl (C=O) groups is 1. The number of aliphatic hydroxyl groups is 1. The monoisotopic (exact) mass is 616 g/mol. The van der Waals surface area contributed by atoms with Crippen molar-refractivity contribution >= 4 is 5.91 Å². The number of nitrogens with one attached hydrogen (secondary N) is 1. The van der Waals surface area contributed by atoms with E-state index in [0.29, 0.717) is 18.2 Å². The van der Waals surface area contributed by atoms with Crippen molar-refractivity contribution in [2.75, 3.05) is 13.1 Å². The van der Waals surface area contributed by atoms with Crippen molar-refractivity contribution < 1.29 is 19.4 Å². The molecule has 0 bridgehead atoms. The van der Waals surface area contributed by atoms with Crippen LogP contribution in [0.4, 0.5) is 0 Å². The Morgan fingerprint density at radius 3 is 2.30 bits per heavy atom. The molecule has 0 aromatic heterocycles. The van der Waals surface area contributed by atoms with Gasteiger partial charge in [-0.2, -0.15) is 0 Å². The van der Waals surface area contributed by atoms with Gasteiger partial charge in [-0.15, -0.1) is 6.58 Å². The van der Waals surface area contributed by atoms with Crippen molar-refractivity contribution in [2.24, 2.45) is 0 Å². The molecular weight excluding hydrogens is 572 g/mol. The van der Waals surface area contributed by atoms with Crippen LogP contribution in [0.5, 0.6) is 0 Å². The van der Waals surface area contributed by atoms with Crippen LogP contribution in [0.3, 0.4) is 0 Å². The van der Waals surface area contributed by atoms with Gasteiger partial charge in [0.1, 0.15) is 0 Å². The summed E-state index contributed by atoms with van der Waals surface area (Å²) in [7, 11) is 0. The summed E-state index contributed by atoms with van der Waals surface area (Å²) in [5.74, 6) is -0.0837. The Hall–Kier alpha value is -4.07. The number of ether oxygens (including phenoxy) is 2. The zero-order chi connectivity index (χ0) is 31.7. The van der Waals surface area contributed by atoms with Crippen LogP contribution < -0.4 is 5.32 Å². The number of carbonyl (C=O) groups excluding carboxylic acids is 1. The van der Waals surface area contributed by atoms with Gasteiger partial charge in [-0.3, -0.25) is 9.69 Å². The molecule has 1 heterocycles. The summed E-state index contributed by atoms with van der Waals surface area (Å²) in [4.78, 5) is 15.1. The van der Waals surface area contributed by atoms with Gasteiger partial charge in [-0.25, -0.2) is 0 Å². The summed E-state index contributed by atoms with van der Waals surface area (Å²) in [6.07, 6.45) is 7.19. The molecular formula is C40H44N2O4. The highest BCUT2D eigenvalue weighted by Gasteiger charge is 2.34. The molecule has 0 unspecified atom stereocenters. The quantitative estimate of drug-likeness (QED) is 0.159. The number of aliphatic hydroxyl groups excluding tert-OH is 1. The molecule has 4 aromatic carbocycles. The zero-order valence-electron chi connectivity index (χ0n) is 26.4. The topological polar surface area (TPSA) is 71.0 Å². The van der Waals surface area contributed by atoms with Crippen molar-refractivity contribution in [3.8, 4) is 11.1 Å². The third kappa shape index (κ3) is 8.01. The number of hydrogen-bond donors (Lipinski definition) is 2. The molecule has 3 atom stereocenters. The molecule has 2 N–H and O–H groups in total. The van der Waals surface area contributed by atoms with Gasteiger partial charge in [0.05, 0.1) is 18.8 Å². The Bertz CT molecular complexity index is 1570. The molecule has 1 saturated heterocycles. The maximum Gasteiger partial charge on any atom is 0.251 e. The van der Waals surface area contributed by atoms with Crippen LogP contribution in [-0.2, 0) is 22.6 Å². The van der Waals surface area contributed by atoms with Gasteiger partial charge in [0.15, 0.2) is 6.29 Å². The summed E-state index contributed by atoms with van der Waals surface area (Å²) in [5.41, 5.74) is 6.82. The van der Waals surface area contributed by atoms with Crippen LogP contribution >= 0.6 is 0 Å². The molecule has 6 heteroatoms. The van der Waals surface area contributed by atoms with Gasteiger partial charge in [0.2, 0.25) is 0 Å². The molecule has 2 fully saturated rings. The first-order chi connectivity index (χ1) is 22.6. The summed E-state index contributed by atoms with van der Waals surface area (Å²) in [5, 5.41) is 12.6. The zero-order valence-corrected chi connectivity index (χ0v) is 26.4. The highest BCUT2D eigenvalue weighted by atomic mass is 16.7. The Labute approximate surface area is 272 Å². The average Bonchev–Trinajstić information content (AvgIpc) is 3.66. The van der Waals surface area contributed by atoms with Crippen molar-refractivity contribution in [3.63, 3.8) is 0 Å². The summed E-state index contributed by atoms with van der Waals surface area (Å²) in [6.45, 7) is 6.20. The van der Waals surface area contributed by atoms with E-state index in [1.54, 1.807) is 0 Å². The number of amides is 1. The number of benzene rings is 4. The van der Waals surface area contributed by atoms with E-state index in [2.05, 4.69) is 65.3 Å². The normalized spacial score (nSPS) is 20.1. The fourth-order valence-corrected chi connectivity index (χ4v) is 6.67. The lowest BCUT2D eigenvalue weighted by Crippen LogP contribution is -2.43. The van der Waals surface area contributed by atoms with E-state index in [1.807, 2.05) is 60.7 Å². The first kappa shape index (κ1) is 31.9. The molecule has 6 nitrogen and oxygen atoms in total. The van der Waals surface area contributed by atoms with Crippen LogP contribution in [0.1, 0.15) is 77.1 Å². The fraction of sp³-hybridized carbons (Fsp3) is 0.325. The van der Waals surface area contributed by atoms with Gasteiger partial charge >= 0.3 is 0 Å². The van der Waals surface area contributed by atoms with Crippen molar-refractivity contribution in [1.82, 2.24) is 10.2 Å². The lowest BCUT2D eigenvalue weighted by Gasteiger charge is -2.39. The van der Waals surface area contributed by atoms with Crippen molar-refractivity contribution in [2.45, 2.75) is 69.8 Å². The Morgan fingerprint density at radius 2 is 1.59 bits per heavy atom. The predicted molar refractivity (Wildman–Crippen MR) is 182 cm³/mol. The number of hydrogen-bond acceptors (Lipinski definition) is 5. The van der Waals surface area contributed by atoms with Gasteiger partial charge in [0, 0.05) is 43.2 Å². The van der Waals surface area contributed by atoms with Gasteiger partial charge in [-0.1, -0.05) is 104 Å². The molecule has 4 aromatic rings. The van der Waals surface area contributed by atoms with Gasteiger partial charge < -0.3 is 19.9 Å². The minimum Gasteiger partial charge on any atom is -0.392 e. The largest absolute Gasteiger partial charge is 0.392 e. The minimum absolute atomic E-state index is 0.00396. The third-order valence-electron chi connectivity index (χ3n) is 9.19. The van der Waals surface area contributed by atoms with Crippen LogP contribution in [0, 0.1) is 0 Å². The van der Waals surface area contributed by atoms with E-state index in [0.717, 1.165) is 52.9 Å². The van der Waals surface area contributed by atoms with Crippen LogP contribution in [0.15, 0.2) is 116 Å². The van der Waals surface area contributed by atoms with E-state index < -0.39 is 6.29 Å². The molecule has 2 aliphatic rings. The van der Waals surface area contributed by atoms with Crippen LogP contribution in [0.2, 0.25) is 0 Å². The molecule has 1 saturated carbocycles. The van der Waals surface area contributed by atoms with Gasteiger partial charge in [-0.05, 0) is 58.9 Å². The van der Waals surface area contributed by atoms with E-state index in [-0.39, 0.29) is 24.7 Å². The second-order valence-electron chi connectivity index (χ2n) is 12.4. The third-order valence-corrected chi connectivity index (χ3v) is 9.19. The summed E-state index contributed by atoms with van der Waals surface area (Å²) < 4.78 is 13.3. The first-order valence-electron chi connectivity index (χ1n) is 16.5. The lowest BCUT2D eigenvalue weighted by atomic mass is 9.98. The number of nitrogens with zero attached hydrogens (tertiary/aromatic N) is 1. The molecule has 1 aliphatic heterocycles. The fourth-order valence-electron chi connectivity index (χ4n) is 6.67. The van der Waals surface area contributed by atoms with E-state index in [9.17, 15) is 9.90 Å². The maximum absolute atomic E-state index is 12.5. The second kappa shape index (κ2) is 15.5.